The molecule has 0 aliphatic heterocycles. The second kappa shape index (κ2) is 6.18. The van der Waals surface area contributed by atoms with Crippen LogP contribution in [-0.4, -0.2) is 34.4 Å². The average molecular weight is 352 g/mol. The fourth-order valence-electron chi connectivity index (χ4n) is 2.72. The van der Waals surface area contributed by atoms with Gasteiger partial charge in [-0.1, -0.05) is 0 Å². The molecule has 0 bridgehead atoms. The van der Waals surface area contributed by atoms with Gasteiger partial charge in [0.15, 0.2) is 17.1 Å². The predicted octanol–water partition coefficient (Wildman–Crippen LogP) is 4.07. The maximum atomic E-state index is 5.38. The van der Waals surface area contributed by atoms with Crippen LogP contribution in [0.2, 0.25) is 0 Å². The molecule has 0 saturated carbocycles. The molecular formula is C18H16N4O2S. The Bertz CT molecular complexity index is 1050. The van der Waals surface area contributed by atoms with Crippen LogP contribution in [0.3, 0.4) is 0 Å². The van der Waals surface area contributed by atoms with E-state index in [4.69, 9.17) is 14.5 Å². The van der Waals surface area contributed by atoms with Gasteiger partial charge in [-0.25, -0.2) is 9.97 Å². The van der Waals surface area contributed by atoms with Crippen molar-refractivity contribution in [3.8, 4) is 33.3 Å². The Morgan fingerprint density at radius 2 is 1.92 bits per heavy atom. The number of fused-ring (bicyclic) bond motifs is 1. The first-order valence-electron chi connectivity index (χ1n) is 7.69. The molecule has 0 aliphatic carbocycles. The van der Waals surface area contributed by atoms with Gasteiger partial charge in [0.05, 0.1) is 31.0 Å². The lowest BCUT2D eigenvalue weighted by atomic mass is 10.1. The molecule has 0 atom stereocenters. The van der Waals surface area contributed by atoms with E-state index in [1.54, 1.807) is 31.8 Å². The number of nitrogens with one attached hydrogen (secondary N) is 1. The van der Waals surface area contributed by atoms with E-state index < -0.39 is 0 Å². The minimum atomic E-state index is 0.604. The third-order valence-electron chi connectivity index (χ3n) is 4.03. The monoisotopic (exact) mass is 352 g/mol. The normalized spacial score (nSPS) is 11.0. The summed E-state index contributed by atoms with van der Waals surface area (Å²) >= 11 is 1.66. The SMILES string of the molecule is COc1ccc(-c2cnc3n[nH]c(-c4sccc4C)c3n2)cc1OC. The smallest absolute Gasteiger partial charge is 0.200 e. The fourth-order valence-corrected chi connectivity index (χ4v) is 3.64. The number of rotatable bonds is 4. The van der Waals surface area contributed by atoms with E-state index in [1.807, 2.05) is 18.2 Å². The number of H-pyrrole nitrogens is 1. The van der Waals surface area contributed by atoms with Crippen molar-refractivity contribution in [2.24, 2.45) is 0 Å². The van der Waals surface area contributed by atoms with Crippen molar-refractivity contribution in [2.45, 2.75) is 6.92 Å². The quantitative estimate of drug-likeness (QED) is 0.599. The van der Waals surface area contributed by atoms with Gasteiger partial charge >= 0.3 is 0 Å². The molecule has 0 saturated heterocycles. The van der Waals surface area contributed by atoms with E-state index in [1.165, 1.54) is 5.56 Å². The minimum absolute atomic E-state index is 0.604. The maximum Gasteiger partial charge on any atom is 0.200 e. The molecule has 0 spiro atoms. The summed E-state index contributed by atoms with van der Waals surface area (Å²) in [4.78, 5) is 10.4. The van der Waals surface area contributed by atoms with Crippen molar-refractivity contribution >= 4 is 22.5 Å². The molecule has 3 aromatic heterocycles. The first kappa shape index (κ1) is 15.6. The first-order valence-corrected chi connectivity index (χ1v) is 8.57. The number of methoxy groups -OCH3 is 2. The van der Waals surface area contributed by atoms with Gasteiger partial charge in [-0.2, -0.15) is 5.10 Å². The summed E-state index contributed by atoms with van der Waals surface area (Å²) in [5, 5.41) is 9.40. The Hall–Kier alpha value is -2.93. The molecule has 3 heterocycles. The van der Waals surface area contributed by atoms with Crippen LogP contribution in [0.15, 0.2) is 35.8 Å². The van der Waals surface area contributed by atoms with Gasteiger partial charge in [0, 0.05) is 5.56 Å². The second-order valence-electron chi connectivity index (χ2n) is 5.53. The predicted molar refractivity (Wildman–Crippen MR) is 98.3 cm³/mol. The lowest BCUT2D eigenvalue weighted by Crippen LogP contribution is -1.93. The molecule has 1 N–H and O–H groups in total. The van der Waals surface area contributed by atoms with E-state index in [-0.39, 0.29) is 0 Å². The van der Waals surface area contributed by atoms with Crippen LogP contribution in [-0.2, 0) is 0 Å². The number of aromatic amines is 1. The summed E-state index contributed by atoms with van der Waals surface area (Å²) in [6.45, 7) is 2.07. The topological polar surface area (TPSA) is 72.9 Å². The summed E-state index contributed by atoms with van der Waals surface area (Å²) < 4.78 is 10.7. The van der Waals surface area contributed by atoms with Crippen molar-refractivity contribution in [1.29, 1.82) is 0 Å². The molecule has 25 heavy (non-hydrogen) atoms. The van der Waals surface area contributed by atoms with Crippen molar-refractivity contribution in [3.63, 3.8) is 0 Å². The summed E-state index contributed by atoms with van der Waals surface area (Å²) in [5.74, 6) is 1.34. The van der Waals surface area contributed by atoms with Crippen LogP contribution in [0.25, 0.3) is 33.0 Å². The summed E-state index contributed by atoms with van der Waals surface area (Å²) in [6.07, 6.45) is 1.72. The zero-order valence-corrected chi connectivity index (χ0v) is 14.8. The van der Waals surface area contributed by atoms with Crippen LogP contribution in [0, 0.1) is 6.92 Å². The molecule has 0 amide bonds. The Morgan fingerprint density at radius 3 is 2.64 bits per heavy atom. The van der Waals surface area contributed by atoms with Gasteiger partial charge in [0.1, 0.15) is 11.2 Å². The van der Waals surface area contributed by atoms with Gasteiger partial charge in [-0.15, -0.1) is 11.3 Å². The van der Waals surface area contributed by atoms with Crippen LogP contribution >= 0.6 is 11.3 Å². The highest BCUT2D eigenvalue weighted by atomic mass is 32.1. The van der Waals surface area contributed by atoms with Crippen LogP contribution < -0.4 is 9.47 Å². The molecule has 0 fully saturated rings. The van der Waals surface area contributed by atoms with E-state index in [0.717, 1.165) is 27.3 Å². The number of benzene rings is 1. The highest BCUT2D eigenvalue weighted by molar-refractivity contribution is 7.13. The number of hydrogen-bond donors (Lipinski definition) is 1. The highest BCUT2D eigenvalue weighted by Crippen LogP contribution is 2.34. The highest BCUT2D eigenvalue weighted by Gasteiger charge is 2.15. The molecule has 0 radical (unpaired) electrons. The number of aromatic nitrogens is 4. The van der Waals surface area contributed by atoms with Crippen molar-refractivity contribution < 1.29 is 9.47 Å². The Balaban J connectivity index is 1.85. The fraction of sp³-hybridized carbons (Fsp3) is 0.167. The molecule has 4 rings (SSSR count). The van der Waals surface area contributed by atoms with E-state index >= 15 is 0 Å². The summed E-state index contributed by atoms with van der Waals surface area (Å²) in [6, 6.07) is 7.77. The molecule has 6 nitrogen and oxygen atoms in total. The Morgan fingerprint density at radius 1 is 1.08 bits per heavy atom. The largest absolute Gasteiger partial charge is 0.493 e. The number of aryl methyl sites for hydroxylation is 1. The number of thiophene rings is 1. The summed E-state index contributed by atoms with van der Waals surface area (Å²) in [5.41, 5.74) is 5.11. The van der Waals surface area contributed by atoms with Crippen molar-refractivity contribution in [2.75, 3.05) is 14.2 Å². The lowest BCUT2D eigenvalue weighted by molar-refractivity contribution is 0.355. The van der Waals surface area contributed by atoms with Gasteiger partial charge < -0.3 is 9.47 Å². The van der Waals surface area contributed by atoms with E-state index in [2.05, 4.69) is 33.6 Å². The van der Waals surface area contributed by atoms with Gasteiger partial charge in [-0.05, 0) is 42.1 Å². The molecule has 0 unspecified atom stereocenters. The molecular weight excluding hydrogens is 336 g/mol. The van der Waals surface area contributed by atoms with E-state index in [0.29, 0.717) is 17.1 Å². The third-order valence-corrected chi connectivity index (χ3v) is 5.07. The van der Waals surface area contributed by atoms with Crippen LogP contribution in [0.1, 0.15) is 5.56 Å². The third kappa shape index (κ3) is 2.62. The Labute approximate surface area is 148 Å². The summed E-state index contributed by atoms with van der Waals surface area (Å²) in [7, 11) is 3.23. The zero-order chi connectivity index (χ0) is 17.4. The van der Waals surface area contributed by atoms with E-state index in [9.17, 15) is 0 Å². The van der Waals surface area contributed by atoms with Crippen LogP contribution in [0.5, 0.6) is 11.5 Å². The standard InChI is InChI=1S/C18H16N4O2S/c1-10-6-7-25-17(10)15-16-18(22-21-15)19-9-12(20-16)11-4-5-13(23-2)14(8-11)24-3/h4-9H,1-3H3,(H,19,21,22). The first-order chi connectivity index (χ1) is 12.2. The number of ether oxygens (including phenoxy) is 2. The van der Waals surface area contributed by atoms with Crippen LogP contribution in [0.4, 0.5) is 0 Å². The van der Waals surface area contributed by atoms with Crippen molar-refractivity contribution in [3.05, 3.63) is 41.4 Å². The molecule has 0 aliphatic rings. The molecule has 4 aromatic rings. The Kier molecular flexibility index (Phi) is 3.85. The van der Waals surface area contributed by atoms with Gasteiger partial charge in [0.25, 0.3) is 0 Å². The molecule has 1 aromatic carbocycles. The average Bonchev–Trinajstić information content (AvgIpc) is 3.26. The van der Waals surface area contributed by atoms with Crippen molar-refractivity contribution in [1.82, 2.24) is 20.2 Å². The van der Waals surface area contributed by atoms with Gasteiger partial charge in [0.2, 0.25) is 0 Å². The lowest BCUT2D eigenvalue weighted by Gasteiger charge is -2.09. The second-order valence-corrected chi connectivity index (χ2v) is 6.44. The molecule has 126 valence electrons. The maximum absolute atomic E-state index is 5.38. The number of nitrogens with zero attached hydrogens (tertiary/aromatic N) is 3. The minimum Gasteiger partial charge on any atom is -0.493 e. The zero-order valence-electron chi connectivity index (χ0n) is 14.0. The number of hydrogen-bond acceptors (Lipinski definition) is 6. The van der Waals surface area contributed by atoms with Gasteiger partial charge in [-0.3, -0.25) is 5.10 Å². The molecule has 7 heteroatoms.